The van der Waals surface area contributed by atoms with Gasteiger partial charge in [0, 0.05) is 36.5 Å². The molecule has 0 atom stereocenters. The zero-order chi connectivity index (χ0) is 19.5. The first-order chi connectivity index (χ1) is 12.1. The molecule has 0 aliphatic carbocycles. The number of non-ortho nitro benzene ring substituents is 1. The molecule has 26 heavy (non-hydrogen) atoms. The molecule has 138 valence electrons. The van der Waals surface area contributed by atoms with Crippen molar-refractivity contribution in [1.29, 1.82) is 0 Å². The molecule has 1 amide bonds. The van der Waals surface area contributed by atoms with E-state index < -0.39 is 20.9 Å². The molecule has 0 spiro atoms. The number of carbonyl (C=O) groups excluding carboxylic acids is 1. The summed E-state index contributed by atoms with van der Waals surface area (Å²) in [5.41, 5.74) is 0.226. The summed E-state index contributed by atoms with van der Waals surface area (Å²) in [6, 6.07) is 10.9. The lowest BCUT2D eigenvalue weighted by Crippen LogP contribution is -2.33. The number of anilines is 1. The lowest BCUT2D eigenvalue weighted by molar-refractivity contribution is -0.384. The van der Waals surface area contributed by atoms with E-state index in [0.717, 1.165) is 0 Å². The Bertz CT molecular complexity index is 941. The number of benzene rings is 2. The van der Waals surface area contributed by atoms with Crippen molar-refractivity contribution in [2.45, 2.75) is 24.8 Å². The standard InChI is InChI=1S/C17H19N3O5S/c1-12(2)19(3)26(24,25)16-9-4-6-13(10-16)17(21)18-14-7-5-8-15(11-14)20(22)23/h4-12H,1-3H3,(H,18,21). The van der Waals surface area contributed by atoms with E-state index in [1.165, 1.54) is 59.9 Å². The van der Waals surface area contributed by atoms with E-state index in [4.69, 9.17) is 0 Å². The second-order valence-electron chi connectivity index (χ2n) is 5.90. The van der Waals surface area contributed by atoms with Crippen LogP contribution in [-0.2, 0) is 10.0 Å². The van der Waals surface area contributed by atoms with Gasteiger partial charge in [-0.15, -0.1) is 0 Å². The van der Waals surface area contributed by atoms with Crippen LogP contribution < -0.4 is 5.32 Å². The lowest BCUT2D eigenvalue weighted by atomic mass is 10.2. The molecule has 0 aliphatic rings. The minimum Gasteiger partial charge on any atom is -0.322 e. The average molecular weight is 377 g/mol. The van der Waals surface area contributed by atoms with Gasteiger partial charge in [0.05, 0.1) is 9.82 Å². The van der Waals surface area contributed by atoms with Gasteiger partial charge in [0.2, 0.25) is 10.0 Å². The Kier molecular flexibility index (Phi) is 5.73. The summed E-state index contributed by atoms with van der Waals surface area (Å²) >= 11 is 0. The van der Waals surface area contributed by atoms with E-state index in [-0.39, 0.29) is 27.9 Å². The third-order valence-electron chi connectivity index (χ3n) is 3.82. The first-order valence-electron chi connectivity index (χ1n) is 7.77. The van der Waals surface area contributed by atoms with Crippen LogP contribution in [0.4, 0.5) is 11.4 Å². The van der Waals surface area contributed by atoms with Crippen LogP contribution in [0.1, 0.15) is 24.2 Å². The van der Waals surface area contributed by atoms with Crippen LogP contribution in [0.15, 0.2) is 53.4 Å². The number of hydrogen-bond acceptors (Lipinski definition) is 5. The van der Waals surface area contributed by atoms with Gasteiger partial charge in [-0.25, -0.2) is 8.42 Å². The van der Waals surface area contributed by atoms with Crippen molar-refractivity contribution >= 4 is 27.3 Å². The van der Waals surface area contributed by atoms with Crippen molar-refractivity contribution in [3.8, 4) is 0 Å². The fraction of sp³-hybridized carbons (Fsp3) is 0.235. The quantitative estimate of drug-likeness (QED) is 0.615. The second-order valence-corrected chi connectivity index (χ2v) is 7.90. The molecule has 2 aromatic carbocycles. The number of amides is 1. The van der Waals surface area contributed by atoms with Crippen molar-refractivity contribution < 1.29 is 18.1 Å². The van der Waals surface area contributed by atoms with E-state index >= 15 is 0 Å². The highest BCUT2D eigenvalue weighted by molar-refractivity contribution is 7.89. The van der Waals surface area contributed by atoms with Crippen LogP contribution in [0, 0.1) is 10.1 Å². The van der Waals surface area contributed by atoms with E-state index in [9.17, 15) is 23.3 Å². The smallest absolute Gasteiger partial charge is 0.271 e. The van der Waals surface area contributed by atoms with Gasteiger partial charge in [-0.1, -0.05) is 12.1 Å². The zero-order valence-electron chi connectivity index (χ0n) is 14.5. The van der Waals surface area contributed by atoms with Crippen molar-refractivity contribution in [3.63, 3.8) is 0 Å². The Labute approximate surface area is 151 Å². The van der Waals surface area contributed by atoms with Crippen molar-refractivity contribution in [3.05, 3.63) is 64.2 Å². The minimum atomic E-state index is -3.72. The number of hydrogen-bond donors (Lipinski definition) is 1. The number of rotatable bonds is 6. The van der Waals surface area contributed by atoms with Crippen molar-refractivity contribution in [1.82, 2.24) is 4.31 Å². The summed E-state index contributed by atoms with van der Waals surface area (Å²) < 4.78 is 26.3. The summed E-state index contributed by atoms with van der Waals surface area (Å²) in [6.45, 7) is 3.49. The molecule has 2 rings (SSSR count). The maximum Gasteiger partial charge on any atom is 0.271 e. The minimum absolute atomic E-state index is 0.000363. The Morgan fingerprint density at radius 1 is 1.15 bits per heavy atom. The first kappa shape index (κ1) is 19.5. The maximum atomic E-state index is 12.5. The molecule has 0 radical (unpaired) electrons. The number of nitrogens with one attached hydrogen (secondary N) is 1. The normalized spacial score (nSPS) is 11.6. The van der Waals surface area contributed by atoms with Gasteiger partial charge in [-0.05, 0) is 38.1 Å². The van der Waals surface area contributed by atoms with Gasteiger partial charge in [0.15, 0.2) is 0 Å². The van der Waals surface area contributed by atoms with Crippen LogP contribution in [-0.4, -0.2) is 36.6 Å². The molecule has 0 aliphatic heterocycles. The Morgan fingerprint density at radius 2 is 1.81 bits per heavy atom. The molecule has 0 fully saturated rings. The van der Waals surface area contributed by atoms with E-state index in [1.54, 1.807) is 13.8 Å². The fourth-order valence-corrected chi connectivity index (χ4v) is 3.56. The SMILES string of the molecule is CC(C)N(C)S(=O)(=O)c1cccc(C(=O)Nc2cccc([N+](=O)[O-])c2)c1. The van der Waals surface area contributed by atoms with Crippen LogP contribution in [0.25, 0.3) is 0 Å². The monoisotopic (exact) mass is 377 g/mol. The molecule has 2 aromatic rings. The second kappa shape index (κ2) is 7.63. The third-order valence-corrected chi connectivity index (χ3v) is 5.84. The molecular weight excluding hydrogens is 358 g/mol. The Balaban J connectivity index is 2.29. The number of nitro groups is 1. The zero-order valence-corrected chi connectivity index (χ0v) is 15.4. The number of nitrogens with zero attached hydrogens (tertiary/aromatic N) is 2. The number of carbonyl (C=O) groups is 1. The van der Waals surface area contributed by atoms with Gasteiger partial charge in [-0.2, -0.15) is 4.31 Å². The molecule has 0 aromatic heterocycles. The van der Waals surface area contributed by atoms with Gasteiger partial charge in [-0.3, -0.25) is 14.9 Å². The fourth-order valence-electron chi connectivity index (χ4n) is 2.14. The highest BCUT2D eigenvalue weighted by Crippen LogP contribution is 2.20. The van der Waals surface area contributed by atoms with Crippen LogP contribution in [0.5, 0.6) is 0 Å². The summed E-state index contributed by atoms with van der Waals surface area (Å²) in [5.74, 6) is -0.560. The van der Waals surface area contributed by atoms with Crippen molar-refractivity contribution in [2.75, 3.05) is 12.4 Å². The predicted molar refractivity (Wildman–Crippen MR) is 97.6 cm³/mol. The summed E-state index contributed by atoms with van der Waals surface area (Å²) in [7, 11) is -2.25. The lowest BCUT2D eigenvalue weighted by Gasteiger charge is -2.21. The van der Waals surface area contributed by atoms with Gasteiger partial charge in [0.1, 0.15) is 0 Å². The van der Waals surface area contributed by atoms with Crippen LogP contribution in [0.3, 0.4) is 0 Å². The van der Waals surface area contributed by atoms with Gasteiger partial charge >= 0.3 is 0 Å². The molecule has 0 saturated heterocycles. The largest absolute Gasteiger partial charge is 0.322 e. The average Bonchev–Trinajstić information content (AvgIpc) is 2.61. The van der Waals surface area contributed by atoms with E-state index in [0.29, 0.717) is 0 Å². The molecule has 1 N–H and O–H groups in total. The van der Waals surface area contributed by atoms with Crippen molar-refractivity contribution in [2.24, 2.45) is 0 Å². The van der Waals surface area contributed by atoms with E-state index in [1.807, 2.05) is 0 Å². The third kappa shape index (κ3) is 4.24. The highest BCUT2D eigenvalue weighted by atomic mass is 32.2. The molecule has 0 unspecified atom stereocenters. The highest BCUT2D eigenvalue weighted by Gasteiger charge is 2.24. The predicted octanol–water partition coefficient (Wildman–Crippen LogP) is 2.88. The molecule has 0 heterocycles. The topological polar surface area (TPSA) is 110 Å². The van der Waals surface area contributed by atoms with E-state index in [2.05, 4.69) is 5.32 Å². The summed E-state index contributed by atoms with van der Waals surface area (Å²) in [5, 5.41) is 13.3. The number of sulfonamides is 1. The maximum absolute atomic E-state index is 12.5. The molecule has 0 saturated carbocycles. The summed E-state index contributed by atoms with van der Waals surface area (Å²) in [6.07, 6.45) is 0. The number of nitro benzene ring substituents is 1. The Hall–Kier alpha value is -2.78. The molecular formula is C17H19N3O5S. The van der Waals surface area contributed by atoms with Gasteiger partial charge < -0.3 is 5.32 Å². The van der Waals surface area contributed by atoms with Crippen LogP contribution in [0.2, 0.25) is 0 Å². The Morgan fingerprint density at radius 3 is 2.42 bits per heavy atom. The molecule has 8 nitrogen and oxygen atoms in total. The molecule has 9 heteroatoms. The van der Waals surface area contributed by atoms with Crippen LogP contribution >= 0.6 is 0 Å². The molecule has 0 bridgehead atoms. The first-order valence-corrected chi connectivity index (χ1v) is 9.21. The summed E-state index contributed by atoms with van der Waals surface area (Å²) in [4.78, 5) is 22.6. The van der Waals surface area contributed by atoms with Gasteiger partial charge in [0.25, 0.3) is 11.6 Å².